The van der Waals surface area contributed by atoms with E-state index in [0.29, 0.717) is 12.8 Å². The molecule has 4 nitrogen and oxygen atoms in total. The molecule has 2 heterocycles. The van der Waals surface area contributed by atoms with Crippen LogP contribution in [0.1, 0.15) is 32.6 Å². The SMILES string of the molecule is CC1CC(=O)N(C2CCC(C(F)(F)F)NC2)C(=O)C1. The van der Waals surface area contributed by atoms with Crippen LogP contribution in [0.5, 0.6) is 0 Å². The summed E-state index contributed by atoms with van der Waals surface area (Å²) in [6.45, 7) is 1.85. The summed E-state index contributed by atoms with van der Waals surface area (Å²) in [5.74, 6) is -0.502. The second kappa shape index (κ2) is 5.11. The van der Waals surface area contributed by atoms with E-state index in [0.717, 1.165) is 0 Å². The molecule has 2 rings (SSSR count). The van der Waals surface area contributed by atoms with E-state index in [9.17, 15) is 22.8 Å². The molecule has 2 fully saturated rings. The summed E-state index contributed by atoms with van der Waals surface area (Å²) in [6.07, 6.45) is -3.56. The van der Waals surface area contributed by atoms with Crippen LogP contribution in [0.4, 0.5) is 13.2 Å². The molecule has 0 bridgehead atoms. The van der Waals surface area contributed by atoms with E-state index in [-0.39, 0.29) is 37.1 Å². The zero-order chi connectivity index (χ0) is 14.2. The monoisotopic (exact) mass is 278 g/mol. The largest absolute Gasteiger partial charge is 0.403 e. The highest BCUT2D eigenvalue weighted by Crippen LogP contribution is 2.29. The first kappa shape index (κ1) is 14.3. The highest BCUT2D eigenvalue weighted by molar-refractivity contribution is 5.98. The van der Waals surface area contributed by atoms with Gasteiger partial charge < -0.3 is 5.32 Å². The Labute approximate surface area is 109 Å². The molecule has 19 heavy (non-hydrogen) atoms. The number of nitrogens with one attached hydrogen (secondary N) is 1. The van der Waals surface area contributed by atoms with E-state index < -0.39 is 18.3 Å². The molecular formula is C12H17F3N2O2. The van der Waals surface area contributed by atoms with Crippen molar-refractivity contribution in [3.05, 3.63) is 0 Å². The van der Waals surface area contributed by atoms with Crippen molar-refractivity contribution in [2.75, 3.05) is 6.54 Å². The molecular weight excluding hydrogens is 261 g/mol. The molecule has 7 heteroatoms. The van der Waals surface area contributed by atoms with Crippen molar-refractivity contribution >= 4 is 11.8 Å². The zero-order valence-electron chi connectivity index (χ0n) is 10.7. The van der Waals surface area contributed by atoms with Gasteiger partial charge in [-0.05, 0) is 18.8 Å². The van der Waals surface area contributed by atoms with Gasteiger partial charge in [-0.2, -0.15) is 13.2 Å². The molecule has 2 unspecified atom stereocenters. The van der Waals surface area contributed by atoms with Crippen LogP contribution in [-0.4, -0.2) is 41.5 Å². The van der Waals surface area contributed by atoms with E-state index in [1.807, 2.05) is 6.92 Å². The van der Waals surface area contributed by atoms with Gasteiger partial charge in [-0.3, -0.25) is 14.5 Å². The molecule has 108 valence electrons. The van der Waals surface area contributed by atoms with Crippen LogP contribution in [0.3, 0.4) is 0 Å². The highest BCUT2D eigenvalue weighted by Gasteiger charge is 2.44. The van der Waals surface area contributed by atoms with Gasteiger partial charge in [0.2, 0.25) is 11.8 Å². The second-order valence-corrected chi connectivity index (χ2v) is 5.40. The number of imide groups is 1. The van der Waals surface area contributed by atoms with Crippen LogP contribution in [0.25, 0.3) is 0 Å². The Morgan fingerprint density at radius 3 is 2.16 bits per heavy atom. The molecule has 2 aliphatic heterocycles. The molecule has 0 spiro atoms. The van der Waals surface area contributed by atoms with Crippen molar-refractivity contribution in [2.45, 2.75) is 50.9 Å². The minimum absolute atomic E-state index is 0.0238. The maximum atomic E-state index is 12.5. The summed E-state index contributed by atoms with van der Waals surface area (Å²) in [5.41, 5.74) is 0. The maximum Gasteiger partial charge on any atom is 0.403 e. The van der Waals surface area contributed by atoms with E-state index in [2.05, 4.69) is 5.32 Å². The lowest BCUT2D eigenvalue weighted by Gasteiger charge is -2.39. The van der Waals surface area contributed by atoms with Crippen LogP contribution in [0, 0.1) is 5.92 Å². The Balaban J connectivity index is 1.98. The summed E-state index contributed by atoms with van der Waals surface area (Å²) < 4.78 is 37.5. The third-order valence-corrected chi connectivity index (χ3v) is 3.73. The second-order valence-electron chi connectivity index (χ2n) is 5.40. The molecule has 0 aromatic carbocycles. The van der Waals surface area contributed by atoms with E-state index in [1.54, 1.807) is 0 Å². The summed E-state index contributed by atoms with van der Waals surface area (Å²) in [6, 6.07) is -1.97. The smallest absolute Gasteiger partial charge is 0.304 e. The predicted molar refractivity (Wildman–Crippen MR) is 61.1 cm³/mol. The Bertz CT molecular complexity index is 358. The van der Waals surface area contributed by atoms with Crippen molar-refractivity contribution in [2.24, 2.45) is 5.92 Å². The Morgan fingerprint density at radius 1 is 1.16 bits per heavy atom. The third kappa shape index (κ3) is 3.08. The number of halogens is 3. The fourth-order valence-corrected chi connectivity index (χ4v) is 2.75. The Hall–Kier alpha value is -1.11. The average molecular weight is 278 g/mol. The molecule has 2 amide bonds. The Kier molecular flexibility index (Phi) is 3.85. The lowest BCUT2D eigenvalue weighted by Crippen LogP contribution is -2.58. The fraction of sp³-hybridized carbons (Fsp3) is 0.833. The quantitative estimate of drug-likeness (QED) is 0.739. The number of alkyl halides is 3. The summed E-state index contributed by atoms with van der Waals surface area (Å²) >= 11 is 0. The number of hydrogen-bond donors (Lipinski definition) is 1. The summed E-state index contributed by atoms with van der Waals surface area (Å²) in [4.78, 5) is 24.9. The standard InChI is InChI=1S/C12H17F3N2O2/c1-7-4-10(18)17(11(19)5-7)8-2-3-9(16-6-8)12(13,14)15/h7-9,16H,2-6H2,1H3. The van der Waals surface area contributed by atoms with Gasteiger partial charge in [0.05, 0.1) is 6.04 Å². The van der Waals surface area contributed by atoms with Crippen molar-refractivity contribution in [1.29, 1.82) is 0 Å². The predicted octanol–water partition coefficient (Wildman–Crippen LogP) is 1.45. The number of amides is 2. The number of carbonyl (C=O) groups is 2. The van der Waals surface area contributed by atoms with Crippen molar-refractivity contribution in [3.8, 4) is 0 Å². The molecule has 0 aromatic rings. The van der Waals surface area contributed by atoms with Crippen molar-refractivity contribution in [1.82, 2.24) is 10.2 Å². The maximum absolute atomic E-state index is 12.5. The van der Waals surface area contributed by atoms with Gasteiger partial charge in [-0.15, -0.1) is 0 Å². The van der Waals surface area contributed by atoms with E-state index >= 15 is 0 Å². The van der Waals surface area contributed by atoms with Gasteiger partial charge in [0, 0.05) is 19.4 Å². The fourth-order valence-electron chi connectivity index (χ4n) is 2.75. The third-order valence-electron chi connectivity index (χ3n) is 3.73. The van der Waals surface area contributed by atoms with Gasteiger partial charge >= 0.3 is 6.18 Å². The van der Waals surface area contributed by atoms with Crippen LogP contribution in [-0.2, 0) is 9.59 Å². The molecule has 2 saturated heterocycles. The van der Waals surface area contributed by atoms with Crippen LogP contribution >= 0.6 is 0 Å². The zero-order valence-corrected chi connectivity index (χ0v) is 10.7. The first-order valence-corrected chi connectivity index (χ1v) is 6.44. The lowest BCUT2D eigenvalue weighted by molar-refractivity contribution is -0.166. The molecule has 0 aromatic heterocycles. The van der Waals surface area contributed by atoms with E-state index in [4.69, 9.17) is 0 Å². The first-order chi connectivity index (χ1) is 8.79. The van der Waals surface area contributed by atoms with Crippen LogP contribution < -0.4 is 5.32 Å². The number of piperidine rings is 2. The summed E-state index contributed by atoms with van der Waals surface area (Å²) in [7, 11) is 0. The van der Waals surface area contributed by atoms with Crippen LogP contribution in [0.2, 0.25) is 0 Å². The Morgan fingerprint density at radius 2 is 1.74 bits per heavy atom. The van der Waals surface area contributed by atoms with Gasteiger partial charge in [0.25, 0.3) is 0 Å². The van der Waals surface area contributed by atoms with Crippen LogP contribution in [0.15, 0.2) is 0 Å². The van der Waals surface area contributed by atoms with Gasteiger partial charge in [-0.25, -0.2) is 0 Å². The minimum atomic E-state index is -4.27. The molecule has 0 saturated carbocycles. The highest BCUT2D eigenvalue weighted by atomic mass is 19.4. The molecule has 0 aliphatic carbocycles. The molecule has 0 radical (unpaired) electrons. The average Bonchev–Trinajstić information content (AvgIpc) is 2.27. The number of carbonyl (C=O) groups excluding carboxylic acids is 2. The number of rotatable bonds is 1. The molecule has 2 aliphatic rings. The first-order valence-electron chi connectivity index (χ1n) is 6.44. The molecule has 2 atom stereocenters. The number of likely N-dealkylation sites (tertiary alicyclic amines) is 1. The van der Waals surface area contributed by atoms with Crippen molar-refractivity contribution < 1.29 is 22.8 Å². The minimum Gasteiger partial charge on any atom is -0.304 e. The number of hydrogen-bond acceptors (Lipinski definition) is 3. The topological polar surface area (TPSA) is 49.4 Å². The summed E-state index contributed by atoms with van der Waals surface area (Å²) in [5, 5.41) is 2.39. The van der Waals surface area contributed by atoms with Gasteiger partial charge in [0.1, 0.15) is 6.04 Å². The lowest BCUT2D eigenvalue weighted by atomic mass is 9.93. The molecule has 1 N–H and O–H groups in total. The van der Waals surface area contributed by atoms with Gasteiger partial charge in [-0.1, -0.05) is 6.92 Å². The normalized spacial score (nSPS) is 30.8. The van der Waals surface area contributed by atoms with E-state index in [1.165, 1.54) is 4.90 Å². The number of nitrogens with zero attached hydrogens (tertiary/aromatic N) is 1. The van der Waals surface area contributed by atoms with Gasteiger partial charge in [0.15, 0.2) is 0 Å². The van der Waals surface area contributed by atoms with Crippen molar-refractivity contribution in [3.63, 3.8) is 0 Å².